The number of hydrogen-bond donors (Lipinski definition) is 1. The Labute approximate surface area is 164 Å². The SMILES string of the molecule is C=CCN(CC=C)S(=O)(=O)c1ccc(C(=O)Nc2onc3c2CCCC3)cc1. The van der Waals surface area contributed by atoms with Crippen molar-refractivity contribution in [2.24, 2.45) is 0 Å². The number of rotatable bonds is 8. The van der Waals surface area contributed by atoms with E-state index >= 15 is 0 Å². The molecule has 0 saturated carbocycles. The maximum Gasteiger partial charge on any atom is 0.258 e. The third-order valence-electron chi connectivity index (χ3n) is 4.61. The van der Waals surface area contributed by atoms with Crippen LogP contribution in [0.15, 0.2) is 59.0 Å². The van der Waals surface area contributed by atoms with Crippen molar-refractivity contribution in [1.29, 1.82) is 0 Å². The molecule has 0 atom stereocenters. The Bertz CT molecular complexity index is 967. The lowest BCUT2D eigenvalue weighted by atomic mass is 9.97. The lowest BCUT2D eigenvalue weighted by Crippen LogP contribution is -2.31. The Balaban J connectivity index is 1.76. The van der Waals surface area contributed by atoms with E-state index in [2.05, 4.69) is 23.6 Å². The second-order valence-electron chi connectivity index (χ2n) is 6.52. The van der Waals surface area contributed by atoms with Crippen molar-refractivity contribution >= 4 is 21.8 Å². The van der Waals surface area contributed by atoms with Gasteiger partial charge >= 0.3 is 0 Å². The smallest absolute Gasteiger partial charge is 0.258 e. The van der Waals surface area contributed by atoms with Crippen molar-refractivity contribution < 1.29 is 17.7 Å². The molecule has 0 radical (unpaired) electrons. The van der Waals surface area contributed by atoms with E-state index in [1.54, 1.807) is 0 Å². The summed E-state index contributed by atoms with van der Waals surface area (Å²) in [6, 6.07) is 5.79. The molecule has 1 N–H and O–H groups in total. The fourth-order valence-corrected chi connectivity index (χ4v) is 4.53. The zero-order valence-electron chi connectivity index (χ0n) is 15.6. The Hall–Kier alpha value is -2.71. The number of fused-ring (bicyclic) bond motifs is 1. The average Bonchev–Trinajstić information content (AvgIpc) is 3.11. The maximum atomic E-state index is 12.7. The van der Waals surface area contributed by atoms with E-state index in [4.69, 9.17) is 4.52 Å². The highest BCUT2D eigenvalue weighted by atomic mass is 32.2. The fourth-order valence-electron chi connectivity index (χ4n) is 3.15. The predicted molar refractivity (Wildman–Crippen MR) is 107 cm³/mol. The Kier molecular flexibility index (Phi) is 6.11. The zero-order chi connectivity index (χ0) is 20.1. The molecule has 0 aliphatic heterocycles. The Morgan fingerprint density at radius 3 is 2.43 bits per heavy atom. The normalized spacial score (nSPS) is 13.8. The van der Waals surface area contributed by atoms with Crippen molar-refractivity contribution in [3.8, 4) is 0 Å². The molecular weight excluding hydrogens is 378 g/mol. The molecule has 2 aromatic rings. The zero-order valence-corrected chi connectivity index (χ0v) is 16.4. The first-order chi connectivity index (χ1) is 13.5. The average molecular weight is 401 g/mol. The Morgan fingerprint density at radius 1 is 1.14 bits per heavy atom. The van der Waals surface area contributed by atoms with E-state index in [0.717, 1.165) is 36.9 Å². The standard InChI is InChI=1S/C20H23N3O4S/c1-3-13-23(14-4-2)28(25,26)16-11-9-15(10-12-16)19(24)21-20-17-7-5-6-8-18(17)22-27-20/h3-4,9-12H,1-2,5-8,13-14H2,(H,21,24). The Morgan fingerprint density at radius 2 is 1.79 bits per heavy atom. The first kappa shape index (κ1) is 20.0. The van der Waals surface area contributed by atoms with Crippen LogP contribution in [0.4, 0.5) is 5.88 Å². The summed E-state index contributed by atoms with van der Waals surface area (Å²) in [5, 5.41) is 6.75. The first-order valence-corrected chi connectivity index (χ1v) is 10.5. The number of nitrogens with zero attached hydrogens (tertiary/aromatic N) is 2. The van der Waals surface area contributed by atoms with Gasteiger partial charge in [-0.1, -0.05) is 17.3 Å². The van der Waals surface area contributed by atoms with Gasteiger partial charge in [-0.15, -0.1) is 13.2 Å². The van der Waals surface area contributed by atoms with Crippen LogP contribution in [0.2, 0.25) is 0 Å². The number of benzene rings is 1. The van der Waals surface area contributed by atoms with Gasteiger partial charge in [-0.2, -0.15) is 4.31 Å². The van der Waals surface area contributed by atoms with Crippen molar-refractivity contribution in [3.05, 3.63) is 66.4 Å². The van der Waals surface area contributed by atoms with Crippen molar-refractivity contribution in [3.63, 3.8) is 0 Å². The summed E-state index contributed by atoms with van der Waals surface area (Å²) in [6.07, 6.45) is 6.82. The number of amides is 1. The molecule has 28 heavy (non-hydrogen) atoms. The summed E-state index contributed by atoms with van der Waals surface area (Å²) in [7, 11) is -3.70. The lowest BCUT2D eigenvalue weighted by molar-refractivity contribution is 0.102. The number of carbonyl (C=O) groups excluding carboxylic acids is 1. The third kappa shape index (κ3) is 4.07. The largest absolute Gasteiger partial charge is 0.338 e. The lowest BCUT2D eigenvalue weighted by Gasteiger charge is -2.19. The van der Waals surface area contributed by atoms with E-state index in [-0.39, 0.29) is 23.9 Å². The number of aromatic nitrogens is 1. The highest BCUT2D eigenvalue weighted by Crippen LogP contribution is 2.28. The minimum atomic E-state index is -3.70. The number of nitrogens with one attached hydrogen (secondary N) is 1. The van der Waals surface area contributed by atoms with Crippen molar-refractivity contribution in [2.45, 2.75) is 30.6 Å². The van der Waals surface area contributed by atoms with Gasteiger partial charge in [-0.25, -0.2) is 8.42 Å². The van der Waals surface area contributed by atoms with Crippen molar-refractivity contribution in [2.75, 3.05) is 18.4 Å². The number of sulfonamides is 1. The number of anilines is 1. The van der Waals surface area contributed by atoms with Gasteiger partial charge in [0.15, 0.2) is 0 Å². The molecule has 1 aromatic carbocycles. The molecule has 3 rings (SSSR count). The monoisotopic (exact) mass is 401 g/mol. The van der Waals surface area contributed by atoms with Crippen LogP contribution in [-0.2, 0) is 22.9 Å². The van der Waals surface area contributed by atoms with E-state index in [1.165, 1.54) is 40.7 Å². The van der Waals surface area contributed by atoms with Gasteiger partial charge < -0.3 is 4.52 Å². The molecule has 0 bridgehead atoms. The van der Waals surface area contributed by atoms with Crippen LogP contribution < -0.4 is 5.32 Å². The van der Waals surface area contributed by atoms with Gasteiger partial charge in [0.05, 0.1) is 10.6 Å². The molecule has 1 amide bonds. The molecule has 0 unspecified atom stereocenters. The molecule has 1 aromatic heterocycles. The van der Waals surface area contributed by atoms with Gasteiger partial charge in [0.1, 0.15) is 0 Å². The molecule has 148 valence electrons. The van der Waals surface area contributed by atoms with Crippen molar-refractivity contribution in [1.82, 2.24) is 9.46 Å². The van der Waals surface area contributed by atoms with Gasteiger partial charge in [0, 0.05) is 24.2 Å². The second-order valence-corrected chi connectivity index (χ2v) is 8.46. The fraction of sp³-hybridized carbons (Fsp3) is 0.300. The van der Waals surface area contributed by atoms with Crippen LogP contribution in [0.25, 0.3) is 0 Å². The van der Waals surface area contributed by atoms with Crippen LogP contribution >= 0.6 is 0 Å². The number of carbonyl (C=O) groups is 1. The molecule has 0 saturated heterocycles. The van der Waals surface area contributed by atoms with Gasteiger partial charge in [-0.05, 0) is 49.9 Å². The first-order valence-electron chi connectivity index (χ1n) is 9.08. The van der Waals surface area contributed by atoms with Gasteiger partial charge in [0.2, 0.25) is 15.9 Å². The molecule has 1 aliphatic carbocycles. The summed E-state index contributed by atoms with van der Waals surface area (Å²) in [5.74, 6) is 0.00190. The highest BCUT2D eigenvalue weighted by molar-refractivity contribution is 7.89. The van der Waals surface area contributed by atoms with Gasteiger partial charge in [-0.3, -0.25) is 10.1 Å². The molecule has 1 heterocycles. The van der Waals surface area contributed by atoms with Crippen LogP contribution in [0.5, 0.6) is 0 Å². The third-order valence-corrected chi connectivity index (χ3v) is 6.45. The number of aryl methyl sites for hydroxylation is 1. The minimum absolute atomic E-state index is 0.102. The topological polar surface area (TPSA) is 92.5 Å². The molecular formula is C20H23N3O4S. The molecule has 8 heteroatoms. The summed E-state index contributed by atoms with van der Waals surface area (Å²) < 4.78 is 32.0. The van der Waals surface area contributed by atoms with Crippen LogP contribution in [0.1, 0.15) is 34.5 Å². The van der Waals surface area contributed by atoms with E-state index in [1.807, 2.05) is 0 Å². The highest BCUT2D eigenvalue weighted by Gasteiger charge is 2.24. The summed E-state index contributed by atoms with van der Waals surface area (Å²) in [4.78, 5) is 12.6. The van der Waals surface area contributed by atoms with E-state index in [9.17, 15) is 13.2 Å². The summed E-state index contributed by atoms with van der Waals surface area (Å²) in [5.41, 5.74) is 2.18. The quantitative estimate of drug-likeness (QED) is 0.686. The van der Waals surface area contributed by atoms with Crippen LogP contribution in [0.3, 0.4) is 0 Å². The number of hydrogen-bond acceptors (Lipinski definition) is 5. The molecule has 1 aliphatic rings. The summed E-state index contributed by atoms with van der Waals surface area (Å²) >= 11 is 0. The molecule has 0 spiro atoms. The van der Waals surface area contributed by atoms with Crippen LogP contribution in [0, 0.1) is 0 Å². The second kappa shape index (κ2) is 8.53. The molecule has 7 nitrogen and oxygen atoms in total. The predicted octanol–water partition coefficient (Wildman–Crippen LogP) is 3.17. The molecule has 0 fully saturated rings. The minimum Gasteiger partial charge on any atom is -0.338 e. The van der Waals surface area contributed by atoms with Crippen LogP contribution in [-0.4, -0.2) is 36.9 Å². The van der Waals surface area contributed by atoms with E-state index < -0.39 is 10.0 Å². The maximum absolute atomic E-state index is 12.7. The summed E-state index contributed by atoms with van der Waals surface area (Å²) in [6.45, 7) is 7.52. The van der Waals surface area contributed by atoms with E-state index in [0.29, 0.717) is 11.4 Å². The van der Waals surface area contributed by atoms with Gasteiger partial charge in [0.25, 0.3) is 5.91 Å².